The van der Waals surface area contributed by atoms with E-state index < -0.39 is 5.97 Å². The van der Waals surface area contributed by atoms with Crippen LogP contribution in [0, 0.1) is 13.8 Å². The van der Waals surface area contributed by atoms with Gasteiger partial charge in [-0.05, 0) is 37.6 Å². The molecule has 2 rings (SSSR count). The summed E-state index contributed by atoms with van der Waals surface area (Å²) in [4.78, 5) is 23.4. The summed E-state index contributed by atoms with van der Waals surface area (Å²) >= 11 is 0. The number of nitrogens with one attached hydrogen (secondary N) is 1. The minimum absolute atomic E-state index is 0.118. The number of aromatic carboxylic acids is 1. The number of carboxylic acids is 1. The van der Waals surface area contributed by atoms with Crippen molar-refractivity contribution in [2.24, 2.45) is 0 Å². The van der Waals surface area contributed by atoms with Gasteiger partial charge < -0.3 is 10.4 Å². The van der Waals surface area contributed by atoms with E-state index in [0.717, 1.165) is 5.56 Å². The first-order valence-electron chi connectivity index (χ1n) is 6.20. The Morgan fingerprint density at radius 3 is 2.25 bits per heavy atom. The minimum atomic E-state index is -1.05. The maximum absolute atomic E-state index is 12.1. The molecule has 0 aliphatic carbocycles. The highest BCUT2D eigenvalue weighted by Crippen LogP contribution is 2.20. The molecule has 0 radical (unpaired) electrons. The van der Waals surface area contributed by atoms with Gasteiger partial charge in [-0.3, -0.25) is 4.79 Å². The molecule has 1 amide bonds. The molecule has 20 heavy (non-hydrogen) atoms. The number of hydrogen-bond acceptors (Lipinski definition) is 2. The van der Waals surface area contributed by atoms with Crippen LogP contribution in [0.3, 0.4) is 0 Å². The highest BCUT2D eigenvalue weighted by Gasteiger charge is 2.15. The van der Waals surface area contributed by atoms with Crippen LogP contribution in [-0.4, -0.2) is 17.0 Å². The van der Waals surface area contributed by atoms with E-state index in [1.165, 1.54) is 0 Å². The second-order valence-electron chi connectivity index (χ2n) is 4.62. The van der Waals surface area contributed by atoms with Gasteiger partial charge in [0, 0.05) is 5.56 Å². The number of amides is 1. The first-order chi connectivity index (χ1) is 9.49. The van der Waals surface area contributed by atoms with Crippen LogP contribution in [0.2, 0.25) is 0 Å². The summed E-state index contributed by atoms with van der Waals surface area (Å²) in [5.41, 5.74) is 2.59. The molecule has 0 bridgehead atoms. The monoisotopic (exact) mass is 269 g/mol. The Hall–Kier alpha value is -2.62. The fourth-order valence-electron chi connectivity index (χ4n) is 1.96. The van der Waals surface area contributed by atoms with Crippen molar-refractivity contribution < 1.29 is 14.7 Å². The second-order valence-corrected chi connectivity index (χ2v) is 4.62. The summed E-state index contributed by atoms with van der Waals surface area (Å²) in [6, 6.07) is 12.1. The van der Waals surface area contributed by atoms with Crippen molar-refractivity contribution in [2.75, 3.05) is 5.32 Å². The summed E-state index contributed by atoms with van der Waals surface area (Å²) in [7, 11) is 0. The normalized spacial score (nSPS) is 10.1. The van der Waals surface area contributed by atoms with Crippen LogP contribution in [0.15, 0.2) is 42.5 Å². The lowest BCUT2D eigenvalue weighted by Crippen LogP contribution is -2.15. The number of carbonyl (C=O) groups excluding carboxylic acids is 1. The summed E-state index contributed by atoms with van der Waals surface area (Å²) in [6.45, 7) is 3.63. The molecule has 2 aromatic rings. The Labute approximate surface area is 117 Å². The molecule has 0 aromatic heterocycles. The fourth-order valence-corrected chi connectivity index (χ4v) is 1.96. The Balaban J connectivity index is 2.30. The van der Waals surface area contributed by atoms with Gasteiger partial charge in [0.15, 0.2) is 0 Å². The van der Waals surface area contributed by atoms with E-state index in [0.29, 0.717) is 16.8 Å². The molecule has 4 heteroatoms. The van der Waals surface area contributed by atoms with Crippen LogP contribution in [0.5, 0.6) is 0 Å². The molecule has 0 unspecified atom stereocenters. The van der Waals surface area contributed by atoms with Crippen LogP contribution in [0.4, 0.5) is 5.69 Å². The maximum Gasteiger partial charge on any atom is 0.338 e. The highest BCUT2D eigenvalue weighted by molar-refractivity contribution is 6.08. The molecule has 0 aliphatic heterocycles. The largest absolute Gasteiger partial charge is 0.478 e. The predicted octanol–water partition coefficient (Wildman–Crippen LogP) is 3.25. The number of rotatable bonds is 3. The highest BCUT2D eigenvalue weighted by atomic mass is 16.4. The fraction of sp³-hybridized carbons (Fsp3) is 0.125. The number of aryl methyl sites for hydroxylation is 2. The van der Waals surface area contributed by atoms with Crippen LogP contribution < -0.4 is 5.32 Å². The average molecular weight is 269 g/mol. The molecular weight excluding hydrogens is 254 g/mol. The van der Waals surface area contributed by atoms with Gasteiger partial charge in [-0.1, -0.05) is 29.8 Å². The third-order valence-corrected chi connectivity index (χ3v) is 3.05. The zero-order valence-corrected chi connectivity index (χ0v) is 11.3. The standard InChI is InChI=1S/C16H15NO3/c1-10-6-8-12(9-7-10)15(18)17-13-5-3-4-11(2)14(13)16(19)20/h3-9H,1-2H3,(H,17,18)(H,19,20). The molecule has 0 fully saturated rings. The lowest BCUT2D eigenvalue weighted by Gasteiger charge is -2.10. The van der Waals surface area contributed by atoms with E-state index in [-0.39, 0.29) is 11.5 Å². The van der Waals surface area contributed by atoms with Crippen molar-refractivity contribution in [3.05, 3.63) is 64.7 Å². The van der Waals surface area contributed by atoms with Crippen LogP contribution in [-0.2, 0) is 0 Å². The van der Waals surface area contributed by atoms with Gasteiger partial charge in [-0.15, -0.1) is 0 Å². The smallest absolute Gasteiger partial charge is 0.338 e. The molecule has 102 valence electrons. The van der Waals surface area contributed by atoms with Crippen molar-refractivity contribution in [1.29, 1.82) is 0 Å². The Morgan fingerprint density at radius 2 is 1.65 bits per heavy atom. The average Bonchev–Trinajstić information content (AvgIpc) is 2.39. The Morgan fingerprint density at radius 1 is 1.00 bits per heavy atom. The topological polar surface area (TPSA) is 66.4 Å². The molecule has 0 atom stereocenters. The zero-order chi connectivity index (χ0) is 14.7. The molecule has 0 aliphatic rings. The first-order valence-corrected chi connectivity index (χ1v) is 6.20. The maximum atomic E-state index is 12.1. The van der Waals surface area contributed by atoms with E-state index in [2.05, 4.69) is 5.32 Å². The van der Waals surface area contributed by atoms with Crippen molar-refractivity contribution in [3.63, 3.8) is 0 Å². The van der Waals surface area contributed by atoms with E-state index in [1.54, 1.807) is 37.3 Å². The van der Waals surface area contributed by atoms with Crippen LogP contribution >= 0.6 is 0 Å². The molecule has 4 nitrogen and oxygen atoms in total. The number of carbonyl (C=O) groups is 2. The quantitative estimate of drug-likeness (QED) is 0.898. The Bertz CT molecular complexity index is 660. The van der Waals surface area contributed by atoms with E-state index >= 15 is 0 Å². The van der Waals surface area contributed by atoms with Gasteiger partial charge in [0.05, 0.1) is 11.3 Å². The first kappa shape index (κ1) is 13.8. The third kappa shape index (κ3) is 2.85. The number of benzene rings is 2. The molecular formula is C16H15NO3. The summed E-state index contributed by atoms with van der Waals surface area (Å²) in [5, 5.41) is 11.9. The van der Waals surface area contributed by atoms with Gasteiger partial charge in [-0.2, -0.15) is 0 Å². The molecule has 0 heterocycles. The van der Waals surface area contributed by atoms with Crippen molar-refractivity contribution in [3.8, 4) is 0 Å². The van der Waals surface area contributed by atoms with Crippen LogP contribution in [0.1, 0.15) is 31.8 Å². The van der Waals surface area contributed by atoms with Gasteiger partial charge >= 0.3 is 5.97 Å². The summed E-state index contributed by atoms with van der Waals surface area (Å²) in [5.74, 6) is -1.37. The summed E-state index contributed by atoms with van der Waals surface area (Å²) < 4.78 is 0. The second kappa shape index (κ2) is 5.57. The molecule has 2 N–H and O–H groups in total. The minimum Gasteiger partial charge on any atom is -0.478 e. The molecule has 0 spiro atoms. The lowest BCUT2D eigenvalue weighted by molar-refractivity contribution is 0.0697. The van der Waals surface area contributed by atoms with E-state index in [1.807, 2.05) is 19.1 Å². The van der Waals surface area contributed by atoms with Gasteiger partial charge in [0.25, 0.3) is 5.91 Å². The Kier molecular flexibility index (Phi) is 3.84. The third-order valence-electron chi connectivity index (χ3n) is 3.05. The van der Waals surface area contributed by atoms with Gasteiger partial charge in [0.2, 0.25) is 0 Å². The number of hydrogen-bond donors (Lipinski definition) is 2. The van der Waals surface area contributed by atoms with Gasteiger partial charge in [0.1, 0.15) is 0 Å². The summed E-state index contributed by atoms with van der Waals surface area (Å²) in [6.07, 6.45) is 0. The molecule has 0 saturated heterocycles. The number of anilines is 1. The lowest BCUT2D eigenvalue weighted by atomic mass is 10.1. The van der Waals surface area contributed by atoms with Crippen LogP contribution in [0.25, 0.3) is 0 Å². The van der Waals surface area contributed by atoms with E-state index in [4.69, 9.17) is 0 Å². The number of carboxylic acid groups (broad SMARTS) is 1. The predicted molar refractivity (Wildman–Crippen MR) is 77.3 cm³/mol. The molecule has 0 saturated carbocycles. The van der Waals surface area contributed by atoms with E-state index in [9.17, 15) is 14.7 Å². The van der Waals surface area contributed by atoms with Crippen molar-refractivity contribution in [1.82, 2.24) is 0 Å². The van der Waals surface area contributed by atoms with Crippen molar-refractivity contribution in [2.45, 2.75) is 13.8 Å². The van der Waals surface area contributed by atoms with Crippen molar-refractivity contribution >= 4 is 17.6 Å². The van der Waals surface area contributed by atoms with Gasteiger partial charge in [-0.25, -0.2) is 4.79 Å². The zero-order valence-electron chi connectivity index (χ0n) is 11.3. The SMILES string of the molecule is Cc1ccc(C(=O)Nc2cccc(C)c2C(=O)O)cc1. The molecule has 2 aromatic carbocycles.